The molecule has 1 aliphatic heterocycles. The van der Waals surface area contributed by atoms with Gasteiger partial charge in [-0.25, -0.2) is 4.98 Å². The summed E-state index contributed by atoms with van der Waals surface area (Å²) < 4.78 is 0. The van der Waals surface area contributed by atoms with Gasteiger partial charge in [0.1, 0.15) is 5.82 Å². The molecule has 0 radical (unpaired) electrons. The zero-order chi connectivity index (χ0) is 12.4. The van der Waals surface area contributed by atoms with Crippen molar-refractivity contribution in [2.45, 2.75) is 39.8 Å². The van der Waals surface area contributed by atoms with Crippen LogP contribution in [0.25, 0.3) is 0 Å². The average molecular weight is 250 g/mol. The Morgan fingerprint density at radius 1 is 1.56 bits per heavy atom. The van der Waals surface area contributed by atoms with Gasteiger partial charge < -0.3 is 16.4 Å². The maximum Gasteiger partial charge on any atom is 0.234 e. The van der Waals surface area contributed by atoms with Crippen LogP contribution in [0.5, 0.6) is 0 Å². The summed E-state index contributed by atoms with van der Waals surface area (Å²) in [6.45, 7) is 4.78. The molecule has 0 aromatic carbocycles. The first-order valence-electron chi connectivity index (χ1n) is 5.78. The summed E-state index contributed by atoms with van der Waals surface area (Å²) in [5, 5.41) is 6.43. The third kappa shape index (κ3) is 3.20. The number of anilines is 1. The fraction of sp³-hybridized carbons (Fsp3) is 0.538. The number of carbonyl (C=O) groups is 1. The number of hydrogen-bond acceptors (Lipinski definition) is 4. The minimum absolute atomic E-state index is 0. The molecule has 2 heterocycles. The first kappa shape index (κ1) is 14.4. The summed E-state index contributed by atoms with van der Waals surface area (Å²) in [4.78, 5) is 15.4. The normalized spacial score (nSPS) is 22.3. The Morgan fingerprint density at radius 3 is 2.83 bits per heavy atom. The number of pyridine rings is 1. The predicted molar refractivity (Wildman–Crippen MR) is 73.5 cm³/mol. The summed E-state index contributed by atoms with van der Waals surface area (Å²) in [6, 6.07) is 2.07. The van der Waals surface area contributed by atoms with Crippen LogP contribution < -0.4 is 16.4 Å². The number of nitrogens with two attached hydrogens (primary N) is 1. The van der Waals surface area contributed by atoms with Gasteiger partial charge in [0.15, 0.2) is 0 Å². The van der Waals surface area contributed by atoms with Crippen LogP contribution in [0.15, 0.2) is 12.3 Å². The zero-order valence-electron chi connectivity index (χ0n) is 10.2. The Labute approximate surface area is 108 Å². The van der Waals surface area contributed by atoms with E-state index in [0.29, 0.717) is 6.42 Å². The van der Waals surface area contributed by atoms with E-state index < -0.39 is 0 Å². The van der Waals surface area contributed by atoms with Crippen molar-refractivity contribution >= 4 is 11.7 Å². The number of amides is 1. The van der Waals surface area contributed by atoms with Crippen LogP contribution in [-0.4, -0.2) is 29.5 Å². The van der Waals surface area contributed by atoms with Crippen molar-refractivity contribution in [2.75, 3.05) is 11.9 Å². The fourth-order valence-corrected chi connectivity index (χ4v) is 2.12. The number of nitrogens with zero attached hydrogens (tertiary/aromatic N) is 1. The molecule has 5 nitrogen and oxygen atoms in total. The van der Waals surface area contributed by atoms with E-state index in [1.165, 1.54) is 0 Å². The highest BCUT2D eigenvalue weighted by Crippen LogP contribution is 2.16. The third-order valence-electron chi connectivity index (χ3n) is 3.03. The first-order chi connectivity index (χ1) is 8.06. The first-order valence-corrected chi connectivity index (χ1v) is 5.78. The SMILES string of the molecule is C.Cc1cnc(N[C@@H]2CN[C@H](C(N)=O)C2)c(C)c1. The fourth-order valence-electron chi connectivity index (χ4n) is 2.12. The molecule has 1 saturated heterocycles. The second-order valence-electron chi connectivity index (χ2n) is 4.62. The van der Waals surface area contributed by atoms with Gasteiger partial charge in [0.25, 0.3) is 0 Å². The number of carbonyl (C=O) groups excluding carboxylic acids is 1. The van der Waals surface area contributed by atoms with Gasteiger partial charge in [0.05, 0.1) is 6.04 Å². The maximum atomic E-state index is 11.0. The lowest BCUT2D eigenvalue weighted by atomic mass is 10.1. The van der Waals surface area contributed by atoms with Crippen molar-refractivity contribution in [1.29, 1.82) is 0 Å². The Hall–Kier alpha value is -1.62. The molecule has 0 aliphatic carbocycles. The number of primary amides is 1. The standard InChI is InChI=1S/C12H18N4O.CH4/c1-7-3-8(2)12(15-5-7)16-9-4-10(11(13)17)14-6-9;/h3,5,9-10,14H,4,6H2,1-2H3,(H2,13,17)(H,15,16);1H4/t9-,10-;/m0./s1. The van der Waals surface area contributed by atoms with Crippen molar-refractivity contribution in [3.63, 3.8) is 0 Å². The van der Waals surface area contributed by atoms with E-state index in [1.807, 2.05) is 20.0 Å². The van der Waals surface area contributed by atoms with Crippen molar-refractivity contribution in [3.8, 4) is 0 Å². The van der Waals surface area contributed by atoms with Crippen LogP contribution in [0.2, 0.25) is 0 Å². The van der Waals surface area contributed by atoms with E-state index in [9.17, 15) is 4.79 Å². The lowest BCUT2D eigenvalue weighted by Crippen LogP contribution is -2.36. The van der Waals surface area contributed by atoms with Gasteiger partial charge in [0.2, 0.25) is 5.91 Å². The largest absolute Gasteiger partial charge is 0.368 e. The Balaban J connectivity index is 0.00000162. The smallest absolute Gasteiger partial charge is 0.234 e. The summed E-state index contributed by atoms with van der Waals surface area (Å²) in [6.07, 6.45) is 2.55. The Kier molecular flexibility index (Phi) is 4.67. The highest BCUT2D eigenvalue weighted by atomic mass is 16.1. The zero-order valence-corrected chi connectivity index (χ0v) is 10.2. The summed E-state index contributed by atoms with van der Waals surface area (Å²) in [7, 11) is 0. The second-order valence-corrected chi connectivity index (χ2v) is 4.62. The van der Waals surface area contributed by atoms with Gasteiger partial charge in [-0.15, -0.1) is 0 Å². The topological polar surface area (TPSA) is 80.0 Å². The molecule has 0 unspecified atom stereocenters. The van der Waals surface area contributed by atoms with E-state index in [-0.39, 0.29) is 25.4 Å². The molecule has 0 bridgehead atoms. The van der Waals surface area contributed by atoms with E-state index in [1.54, 1.807) is 0 Å². The number of hydrogen-bond donors (Lipinski definition) is 3. The molecule has 2 rings (SSSR count). The third-order valence-corrected chi connectivity index (χ3v) is 3.03. The summed E-state index contributed by atoms with van der Waals surface area (Å²) >= 11 is 0. The monoisotopic (exact) mass is 250 g/mol. The second kappa shape index (κ2) is 5.82. The highest BCUT2D eigenvalue weighted by molar-refractivity contribution is 5.80. The van der Waals surface area contributed by atoms with E-state index >= 15 is 0 Å². The molecule has 1 aromatic rings. The van der Waals surface area contributed by atoms with Gasteiger partial charge in [0, 0.05) is 18.8 Å². The van der Waals surface area contributed by atoms with Gasteiger partial charge >= 0.3 is 0 Å². The predicted octanol–water partition coefficient (Wildman–Crippen LogP) is 0.962. The van der Waals surface area contributed by atoms with Crippen molar-refractivity contribution in [1.82, 2.24) is 10.3 Å². The molecule has 1 amide bonds. The molecular weight excluding hydrogens is 228 g/mol. The van der Waals surface area contributed by atoms with E-state index in [2.05, 4.69) is 21.7 Å². The minimum Gasteiger partial charge on any atom is -0.368 e. The van der Waals surface area contributed by atoms with Gasteiger partial charge in [-0.05, 0) is 31.4 Å². The van der Waals surface area contributed by atoms with Gasteiger partial charge in [-0.3, -0.25) is 4.79 Å². The van der Waals surface area contributed by atoms with E-state index in [0.717, 1.165) is 23.5 Å². The van der Waals surface area contributed by atoms with Crippen LogP contribution >= 0.6 is 0 Å². The van der Waals surface area contributed by atoms with Crippen molar-refractivity contribution in [2.24, 2.45) is 5.73 Å². The van der Waals surface area contributed by atoms with Crippen LogP contribution in [0.1, 0.15) is 25.0 Å². The minimum atomic E-state index is -0.289. The maximum absolute atomic E-state index is 11.0. The highest BCUT2D eigenvalue weighted by Gasteiger charge is 2.27. The summed E-state index contributed by atoms with van der Waals surface area (Å²) in [5.74, 6) is 0.593. The molecule has 18 heavy (non-hydrogen) atoms. The number of aryl methyl sites for hydroxylation is 2. The molecule has 5 heteroatoms. The lowest BCUT2D eigenvalue weighted by molar-refractivity contribution is -0.119. The molecular formula is C13H22N4O. The lowest BCUT2D eigenvalue weighted by Gasteiger charge is -2.14. The van der Waals surface area contributed by atoms with Crippen LogP contribution in [0.3, 0.4) is 0 Å². The number of nitrogens with one attached hydrogen (secondary N) is 2. The quantitative estimate of drug-likeness (QED) is 0.746. The number of rotatable bonds is 3. The van der Waals surface area contributed by atoms with Crippen LogP contribution in [0.4, 0.5) is 5.82 Å². The molecule has 1 fully saturated rings. The molecule has 100 valence electrons. The molecule has 4 N–H and O–H groups in total. The summed E-state index contributed by atoms with van der Waals surface area (Å²) in [5.41, 5.74) is 7.52. The number of aromatic nitrogens is 1. The Bertz CT molecular complexity index is 433. The average Bonchev–Trinajstić information content (AvgIpc) is 2.71. The van der Waals surface area contributed by atoms with Gasteiger partial charge in [-0.1, -0.05) is 13.5 Å². The van der Waals surface area contributed by atoms with Crippen LogP contribution in [0, 0.1) is 13.8 Å². The van der Waals surface area contributed by atoms with E-state index in [4.69, 9.17) is 5.73 Å². The van der Waals surface area contributed by atoms with Crippen molar-refractivity contribution in [3.05, 3.63) is 23.4 Å². The molecule has 0 saturated carbocycles. The van der Waals surface area contributed by atoms with Crippen LogP contribution in [-0.2, 0) is 4.79 Å². The molecule has 1 aliphatic rings. The van der Waals surface area contributed by atoms with Crippen molar-refractivity contribution < 1.29 is 4.79 Å². The molecule has 1 aromatic heterocycles. The molecule has 2 atom stereocenters. The Morgan fingerprint density at radius 2 is 2.28 bits per heavy atom. The molecule has 0 spiro atoms. The van der Waals surface area contributed by atoms with Gasteiger partial charge in [-0.2, -0.15) is 0 Å².